The van der Waals surface area contributed by atoms with Crippen LogP contribution in [0.4, 0.5) is 5.69 Å². The first kappa shape index (κ1) is 21.6. The molecule has 9 heteroatoms. The lowest BCUT2D eigenvalue weighted by Gasteiger charge is -2.36. The molecule has 2 aliphatic rings. The molecule has 0 aromatic heterocycles. The van der Waals surface area contributed by atoms with Crippen molar-refractivity contribution in [1.29, 1.82) is 0 Å². The Bertz CT molecular complexity index is 1030. The number of piperidine rings is 1. The van der Waals surface area contributed by atoms with Gasteiger partial charge in [0.15, 0.2) is 0 Å². The van der Waals surface area contributed by atoms with E-state index in [9.17, 15) is 9.59 Å². The van der Waals surface area contributed by atoms with Gasteiger partial charge in [-0.25, -0.2) is 0 Å². The number of rotatable bonds is 5. The topological polar surface area (TPSA) is 83.0 Å². The van der Waals surface area contributed by atoms with Gasteiger partial charge >= 0.3 is 0 Å². The van der Waals surface area contributed by atoms with Crippen LogP contribution in [-0.4, -0.2) is 54.8 Å². The number of carbonyl (C=O) groups excluding carboxylic acids is 2. The first-order chi connectivity index (χ1) is 14.9. The minimum atomic E-state index is -0.616. The Labute approximate surface area is 190 Å². The van der Waals surface area contributed by atoms with Gasteiger partial charge in [0.25, 0.3) is 5.91 Å². The zero-order valence-electron chi connectivity index (χ0n) is 17.0. The molecule has 2 aromatic carbocycles. The van der Waals surface area contributed by atoms with E-state index in [1.54, 1.807) is 42.5 Å². The van der Waals surface area contributed by atoms with Crippen molar-refractivity contribution in [2.45, 2.75) is 18.5 Å². The Morgan fingerprint density at radius 2 is 1.84 bits per heavy atom. The first-order valence-electron chi connectivity index (χ1n) is 9.91. The summed E-state index contributed by atoms with van der Waals surface area (Å²) in [6.07, 6.45) is 1.26. The van der Waals surface area contributed by atoms with Crippen LogP contribution in [0.3, 0.4) is 0 Å². The maximum Gasteiger partial charge on any atom is 0.272 e. The number of benzene rings is 2. The molecule has 0 atom stereocenters. The maximum atomic E-state index is 12.5. The van der Waals surface area contributed by atoms with Crippen LogP contribution in [0.25, 0.3) is 0 Å². The van der Waals surface area contributed by atoms with Gasteiger partial charge in [0, 0.05) is 41.5 Å². The molecule has 2 heterocycles. The van der Waals surface area contributed by atoms with E-state index in [0.29, 0.717) is 53.1 Å². The highest BCUT2D eigenvalue weighted by Crippen LogP contribution is 2.30. The summed E-state index contributed by atoms with van der Waals surface area (Å²) in [7, 11) is 1.54. The summed E-state index contributed by atoms with van der Waals surface area (Å²) in [5.74, 6) is 0.215. The molecule has 0 bridgehead atoms. The van der Waals surface area contributed by atoms with Crippen molar-refractivity contribution in [3.63, 3.8) is 0 Å². The molecule has 2 N–H and O–H groups in total. The summed E-state index contributed by atoms with van der Waals surface area (Å²) in [4.78, 5) is 31.8. The van der Waals surface area contributed by atoms with Crippen molar-refractivity contribution >= 4 is 46.4 Å². The summed E-state index contributed by atoms with van der Waals surface area (Å²) in [5.41, 5.74) is 1.09. The summed E-state index contributed by atoms with van der Waals surface area (Å²) in [5, 5.41) is 7.01. The van der Waals surface area contributed by atoms with Gasteiger partial charge in [0.05, 0.1) is 19.3 Å². The monoisotopic (exact) mass is 460 g/mol. The van der Waals surface area contributed by atoms with Crippen molar-refractivity contribution in [2.24, 2.45) is 4.99 Å². The third kappa shape index (κ3) is 4.84. The molecule has 2 aromatic rings. The average molecular weight is 461 g/mol. The number of likely N-dealkylation sites (tertiary alicyclic amines) is 1. The molecular weight excluding hydrogens is 439 g/mol. The zero-order chi connectivity index (χ0) is 22.0. The van der Waals surface area contributed by atoms with E-state index in [4.69, 9.17) is 32.9 Å². The minimum Gasteiger partial charge on any atom is -0.495 e. The second-order valence-electron chi connectivity index (χ2n) is 7.62. The molecule has 0 saturated carbocycles. The SMILES string of the molecule is COc1ccc(Cl)cc1NC(=O)CN1CCC2(CC1)N=C(c1ccc(Cl)cc1)C(=O)N2. The Morgan fingerprint density at radius 1 is 1.16 bits per heavy atom. The van der Waals surface area contributed by atoms with Gasteiger partial charge < -0.3 is 15.4 Å². The average Bonchev–Trinajstić information content (AvgIpc) is 3.06. The van der Waals surface area contributed by atoms with Crippen molar-refractivity contribution in [3.05, 3.63) is 58.1 Å². The fraction of sp³-hybridized carbons (Fsp3) is 0.318. The third-order valence-electron chi connectivity index (χ3n) is 5.49. The summed E-state index contributed by atoms with van der Waals surface area (Å²) in [6.45, 7) is 1.50. The van der Waals surface area contributed by atoms with E-state index < -0.39 is 5.66 Å². The van der Waals surface area contributed by atoms with Gasteiger partial charge in [0.2, 0.25) is 5.91 Å². The van der Waals surface area contributed by atoms with E-state index in [2.05, 4.69) is 10.6 Å². The largest absolute Gasteiger partial charge is 0.495 e. The number of amides is 2. The van der Waals surface area contributed by atoms with Crippen LogP contribution < -0.4 is 15.4 Å². The van der Waals surface area contributed by atoms with Crippen LogP contribution in [0, 0.1) is 0 Å². The van der Waals surface area contributed by atoms with E-state index in [0.717, 1.165) is 5.56 Å². The number of hydrogen-bond donors (Lipinski definition) is 2. The fourth-order valence-electron chi connectivity index (χ4n) is 3.86. The summed E-state index contributed by atoms with van der Waals surface area (Å²) in [6, 6.07) is 12.1. The lowest BCUT2D eigenvalue weighted by Crippen LogP contribution is -2.52. The van der Waals surface area contributed by atoms with Crippen molar-refractivity contribution in [3.8, 4) is 5.75 Å². The lowest BCUT2D eigenvalue weighted by atomic mass is 9.98. The molecule has 2 amide bonds. The normalized spacial score (nSPS) is 17.9. The molecule has 0 unspecified atom stereocenters. The van der Waals surface area contributed by atoms with Crippen LogP contribution in [0.2, 0.25) is 10.0 Å². The van der Waals surface area contributed by atoms with Crippen molar-refractivity contribution in [1.82, 2.24) is 10.2 Å². The highest BCUT2D eigenvalue weighted by molar-refractivity contribution is 6.47. The number of halogens is 2. The molecule has 2 aliphatic heterocycles. The maximum absolute atomic E-state index is 12.5. The highest BCUT2D eigenvalue weighted by atomic mass is 35.5. The molecule has 7 nitrogen and oxygen atoms in total. The van der Waals surface area contributed by atoms with Crippen LogP contribution in [0.15, 0.2) is 47.5 Å². The number of nitrogens with zero attached hydrogens (tertiary/aromatic N) is 2. The molecule has 31 heavy (non-hydrogen) atoms. The van der Waals surface area contributed by atoms with Gasteiger partial charge in [0.1, 0.15) is 17.1 Å². The standard InChI is InChI=1S/C22H22Cl2N4O3/c1-31-18-7-6-16(24)12-17(18)25-19(29)13-28-10-8-22(9-11-28)26-20(21(30)27-22)14-2-4-15(23)5-3-14/h2-7,12H,8-11,13H2,1H3,(H,25,29)(H,27,30). The molecule has 1 fully saturated rings. The molecule has 162 valence electrons. The number of carbonyl (C=O) groups is 2. The molecule has 0 radical (unpaired) electrons. The number of ether oxygens (including phenoxy) is 1. The Morgan fingerprint density at radius 3 is 2.52 bits per heavy atom. The number of hydrogen-bond acceptors (Lipinski definition) is 5. The highest BCUT2D eigenvalue weighted by Gasteiger charge is 2.42. The first-order valence-corrected chi connectivity index (χ1v) is 10.7. The van der Waals surface area contributed by atoms with Gasteiger partial charge in [-0.05, 0) is 30.3 Å². The summed E-state index contributed by atoms with van der Waals surface area (Å²) >= 11 is 12.0. The van der Waals surface area contributed by atoms with Crippen LogP contribution in [0.5, 0.6) is 5.75 Å². The van der Waals surface area contributed by atoms with Crippen LogP contribution in [0.1, 0.15) is 18.4 Å². The van der Waals surface area contributed by atoms with Crippen molar-refractivity contribution < 1.29 is 14.3 Å². The Kier molecular flexibility index (Phi) is 6.18. The van der Waals surface area contributed by atoms with E-state index in [-0.39, 0.29) is 18.4 Å². The molecule has 1 spiro atoms. The molecular formula is C22H22Cl2N4O3. The fourth-order valence-corrected chi connectivity index (χ4v) is 4.15. The quantitative estimate of drug-likeness (QED) is 0.716. The number of nitrogens with one attached hydrogen (secondary N) is 2. The summed E-state index contributed by atoms with van der Waals surface area (Å²) < 4.78 is 5.27. The van der Waals surface area contributed by atoms with Gasteiger partial charge in [-0.3, -0.25) is 19.5 Å². The smallest absolute Gasteiger partial charge is 0.272 e. The lowest BCUT2D eigenvalue weighted by molar-refractivity contribution is -0.119. The number of aliphatic imine (C=N–C) groups is 1. The van der Waals surface area contributed by atoms with Gasteiger partial charge in [-0.15, -0.1) is 0 Å². The van der Waals surface area contributed by atoms with Crippen LogP contribution >= 0.6 is 23.2 Å². The van der Waals surface area contributed by atoms with Gasteiger partial charge in [-0.1, -0.05) is 35.3 Å². The third-order valence-corrected chi connectivity index (χ3v) is 5.98. The zero-order valence-corrected chi connectivity index (χ0v) is 18.5. The predicted molar refractivity (Wildman–Crippen MR) is 121 cm³/mol. The van der Waals surface area contributed by atoms with E-state index in [1.165, 1.54) is 7.11 Å². The Balaban J connectivity index is 1.37. The molecule has 4 rings (SSSR count). The van der Waals surface area contributed by atoms with Gasteiger partial charge in [-0.2, -0.15) is 0 Å². The number of anilines is 1. The second-order valence-corrected chi connectivity index (χ2v) is 8.49. The van der Waals surface area contributed by atoms with Crippen LogP contribution in [-0.2, 0) is 9.59 Å². The molecule has 1 saturated heterocycles. The number of methoxy groups -OCH3 is 1. The Hall–Kier alpha value is -2.61. The van der Waals surface area contributed by atoms with E-state index >= 15 is 0 Å². The second kappa shape index (κ2) is 8.86. The minimum absolute atomic E-state index is 0.155. The van der Waals surface area contributed by atoms with E-state index in [1.807, 2.05) is 4.90 Å². The van der Waals surface area contributed by atoms with Crippen molar-refractivity contribution in [2.75, 3.05) is 32.1 Å². The predicted octanol–water partition coefficient (Wildman–Crippen LogP) is 3.35. The molecule has 0 aliphatic carbocycles.